The first-order chi connectivity index (χ1) is 28.7. The number of para-hydroxylation sites is 4. The molecule has 0 unspecified atom stereocenters. The van der Waals surface area contributed by atoms with E-state index in [1.807, 2.05) is 24.3 Å². The molecule has 0 radical (unpaired) electrons. The average Bonchev–Trinajstić information content (AvgIpc) is 3.96. The summed E-state index contributed by atoms with van der Waals surface area (Å²) in [6, 6.07) is 73.2. The highest BCUT2D eigenvalue weighted by Gasteiger charge is 2.19. The zero-order valence-electron chi connectivity index (χ0n) is 31.3. The fourth-order valence-electron chi connectivity index (χ4n) is 8.94. The van der Waals surface area contributed by atoms with Crippen molar-refractivity contribution >= 4 is 82.7 Å². The lowest BCUT2D eigenvalue weighted by Gasteiger charge is -2.25. The Labute approximate surface area is 334 Å². The van der Waals surface area contributed by atoms with Crippen molar-refractivity contribution in [2.24, 2.45) is 0 Å². The normalized spacial score (nSPS) is 11.8. The van der Waals surface area contributed by atoms with Gasteiger partial charge in [-0.25, -0.2) is 0 Å². The van der Waals surface area contributed by atoms with Crippen molar-refractivity contribution < 1.29 is 8.83 Å². The Morgan fingerprint density at radius 3 is 1.55 bits per heavy atom. The first kappa shape index (κ1) is 32.4. The van der Waals surface area contributed by atoms with Crippen LogP contribution in [-0.2, 0) is 0 Å². The third kappa shape index (κ3) is 5.09. The summed E-state index contributed by atoms with van der Waals surface area (Å²) in [5, 5.41) is 6.93. The quantitative estimate of drug-likeness (QED) is 0.170. The van der Waals surface area contributed by atoms with Gasteiger partial charge >= 0.3 is 0 Å². The second kappa shape index (κ2) is 12.9. The number of anilines is 3. The summed E-state index contributed by atoms with van der Waals surface area (Å²) >= 11 is 0. The first-order valence-corrected chi connectivity index (χ1v) is 19.7. The largest absolute Gasteiger partial charge is 0.456 e. The lowest BCUT2D eigenvalue weighted by atomic mass is 9.95. The minimum atomic E-state index is 0.851. The second-order valence-corrected chi connectivity index (χ2v) is 14.9. The summed E-state index contributed by atoms with van der Waals surface area (Å²) in [6.07, 6.45) is 0. The molecule has 58 heavy (non-hydrogen) atoms. The molecule has 12 rings (SSSR count). The molecule has 272 valence electrons. The molecular formula is C54H34N2O2. The van der Waals surface area contributed by atoms with Crippen molar-refractivity contribution in [2.45, 2.75) is 0 Å². The molecule has 0 atom stereocenters. The van der Waals surface area contributed by atoms with E-state index in [4.69, 9.17) is 8.83 Å². The van der Waals surface area contributed by atoms with Gasteiger partial charge in [0, 0.05) is 67.2 Å². The summed E-state index contributed by atoms with van der Waals surface area (Å²) < 4.78 is 15.1. The van der Waals surface area contributed by atoms with Crippen LogP contribution in [0.3, 0.4) is 0 Å². The van der Waals surface area contributed by atoms with Crippen molar-refractivity contribution in [1.29, 1.82) is 0 Å². The van der Waals surface area contributed by atoms with Crippen LogP contribution in [0.5, 0.6) is 0 Å². The van der Waals surface area contributed by atoms with Crippen LogP contribution in [0.2, 0.25) is 0 Å². The van der Waals surface area contributed by atoms with Crippen LogP contribution in [0.25, 0.3) is 93.6 Å². The molecule has 4 nitrogen and oxygen atoms in total. The van der Waals surface area contributed by atoms with Crippen LogP contribution in [0.15, 0.2) is 215 Å². The van der Waals surface area contributed by atoms with Crippen molar-refractivity contribution in [3.05, 3.63) is 206 Å². The molecule has 9 aromatic carbocycles. The van der Waals surface area contributed by atoms with E-state index in [1.165, 1.54) is 32.9 Å². The average molecular weight is 743 g/mol. The van der Waals surface area contributed by atoms with Gasteiger partial charge in [-0.05, 0) is 101 Å². The number of hydrogen-bond acceptors (Lipinski definition) is 3. The molecule has 0 aliphatic carbocycles. The van der Waals surface area contributed by atoms with E-state index in [9.17, 15) is 0 Å². The van der Waals surface area contributed by atoms with E-state index in [1.54, 1.807) is 0 Å². The molecule has 12 aromatic rings. The standard InChI is InChI=1S/C54H34N2O2/c1-2-14-38(15-3-1)56-48-20-7-4-18-47(48)54-42(19-11-21-49(54)56)37-13-10-12-36(32-37)35-24-26-39(27-25-35)55(40-28-30-45-43-16-5-8-22-50(43)57-52(45)33-40)41-29-31-46-44-17-6-9-23-51(44)58-53(46)34-41/h1-34H. The van der Waals surface area contributed by atoms with E-state index in [2.05, 4.69) is 191 Å². The lowest BCUT2D eigenvalue weighted by Crippen LogP contribution is -2.09. The predicted molar refractivity (Wildman–Crippen MR) is 241 cm³/mol. The van der Waals surface area contributed by atoms with Crippen LogP contribution in [-0.4, -0.2) is 4.57 Å². The Balaban J connectivity index is 0.966. The molecule has 0 saturated carbocycles. The molecule has 0 bridgehead atoms. The highest BCUT2D eigenvalue weighted by Crippen LogP contribution is 2.43. The molecular weight excluding hydrogens is 709 g/mol. The molecule has 0 amide bonds. The van der Waals surface area contributed by atoms with Crippen LogP contribution >= 0.6 is 0 Å². The Morgan fingerprint density at radius 1 is 0.328 bits per heavy atom. The molecule has 0 spiro atoms. The van der Waals surface area contributed by atoms with Gasteiger partial charge in [0.05, 0.1) is 11.0 Å². The number of hydrogen-bond donors (Lipinski definition) is 0. The van der Waals surface area contributed by atoms with E-state index in [-0.39, 0.29) is 0 Å². The Hall–Kier alpha value is -7.82. The van der Waals surface area contributed by atoms with Crippen molar-refractivity contribution in [3.63, 3.8) is 0 Å². The number of nitrogens with zero attached hydrogens (tertiary/aromatic N) is 2. The van der Waals surface area contributed by atoms with Crippen molar-refractivity contribution in [2.75, 3.05) is 4.90 Å². The molecule has 3 heterocycles. The van der Waals surface area contributed by atoms with Gasteiger partial charge in [0.2, 0.25) is 0 Å². The fraction of sp³-hybridized carbons (Fsp3) is 0. The summed E-state index contributed by atoms with van der Waals surface area (Å²) in [6.45, 7) is 0. The highest BCUT2D eigenvalue weighted by molar-refractivity contribution is 6.16. The van der Waals surface area contributed by atoms with Gasteiger partial charge in [0.25, 0.3) is 0 Å². The Bertz CT molecular complexity index is 3400. The summed E-state index contributed by atoms with van der Waals surface area (Å²) in [7, 11) is 0. The van der Waals surface area contributed by atoms with Gasteiger partial charge in [0.1, 0.15) is 22.3 Å². The maximum absolute atomic E-state index is 6.38. The maximum Gasteiger partial charge on any atom is 0.137 e. The molecule has 0 aliphatic heterocycles. The number of rotatable bonds is 6. The minimum absolute atomic E-state index is 0.851. The molecule has 3 aromatic heterocycles. The summed E-state index contributed by atoms with van der Waals surface area (Å²) in [5.74, 6) is 0. The zero-order valence-corrected chi connectivity index (χ0v) is 31.3. The molecule has 0 aliphatic rings. The molecule has 0 fully saturated rings. The van der Waals surface area contributed by atoms with Crippen molar-refractivity contribution in [1.82, 2.24) is 4.57 Å². The number of fused-ring (bicyclic) bond motifs is 9. The van der Waals surface area contributed by atoms with Crippen LogP contribution in [0, 0.1) is 0 Å². The van der Waals surface area contributed by atoms with Crippen LogP contribution in [0.1, 0.15) is 0 Å². The monoisotopic (exact) mass is 742 g/mol. The number of furan rings is 2. The van der Waals surface area contributed by atoms with Gasteiger partial charge in [-0.2, -0.15) is 0 Å². The highest BCUT2D eigenvalue weighted by atomic mass is 16.3. The predicted octanol–water partition coefficient (Wildman–Crippen LogP) is 15.4. The Kier molecular flexibility index (Phi) is 7.20. The molecule has 4 heteroatoms. The maximum atomic E-state index is 6.38. The third-order valence-electron chi connectivity index (χ3n) is 11.6. The SMILES string of the molecule is c1ccc(-n2c3ccccc3c3c(-c4cccc(-c5ccc(N(c6ccc7c(c6)oc6ccccc67)c6ccc7c(c6)oc6ccccc67)cc5)c4)cccc32)cc1. The molecule has 0 saturated heterocycles. The van der Waals surface area contributed by atoms with Gasteiger partial charge in [-0.15, -0.1) is 0 Å². The first-order valence-electron chi connectivity index (χ1n) is 19.7. The number of benzene rings is 9. The molecule has 0 N–H and O–H groups in total. The van der Waals surface area contributed by atoms with E-state index in [0.717, 1.165) is 77.8 Å². The van der Waals surface area contributed by atoms with Gasteiger partial charge in [-0.1, -0.05) is 115 Å². The summed E-state index contributed by atoms with van der Waals surface area (Å²) in [4.78, 5) is 2.28. The topological polar surface area (TPSA) is 34.5 Å². The van der Waals surface area contributed by atoms with Gasteiger partial charge in [-0.3, -0.25) is 0 Å². The van der Waals surface area contributed by atoms with Gasteiger partial charge in [0.15, 0.2) is 0 Å². The fourth-order valence-corrected chi connectivity index (χ4v) is 8.94. The van der Waals surface area contributed by atoms with E-state index < -0.39 is 0 Å². The minimum Gasteiger partial charge on any atom is -0.456 e. The van der Waals surface area contributed by atoms with Crippen LogP contribution in [0.4, 0.5) is 17.1 Å². The van der Waals surface area contributed by atoms with E-state index >= 15 is 0 Å². The second-order valence-electron chi connectivity index (χ2n) is 14.9. The van der Waals surface area contributed by atoms with E-state index in [0.29, 0.717) is 0 Å². The Morgan fingerprint density at radius 2 is 0.862 bits per heavy atom. The third-order valence-corrected chi connectivity index (χ3v) is 11.6. The smallest absolute Gasteiger partial charge is 0.137 e. The zero-order chi connectivity index (χ0) is 38.2. The lowest BCUT2D eigenvalue weighted by molar-refractivity contribution is 0.669. The van der Waals surface area contributed by atoms with Gasteiger partial charge < -0.3 is 18.3 Å². The number of aromatic nitrogens is 1. The summed E-state index contributed by atoms with van der Waals surface area (Å²) in [5.41, 5.74) is 14.8. The van der Waals surface area contributed by atoms with Crippen LogP contribution < -0.4 is 4.90 Å². The van der Waals surface area contributed by atoms with Crippen molar-refractivity contribution in [3.8, 4) is 27.9 Å².